The Kier molecular flexibility index (Phi) is 3.78. The number of hydrogen-bond donors (Lipinski definition) is 1. The first-order valence-corrected chi connectivity index (χ1v) is 8.10. The minimum Gasteiger partial charge on any atom is -0.481 e. The Labute approximate surface area is 122 Å². The van der Waals surface area contributed by atoms with Crippen LogP contribution in [0, 0.1) is 11.8 Å². The average Bonchev–Trinajstić information content (AvgIpc) is 2.95. The summed E-state index contributed by atoms with van der Waals surface area (Å²) in [6.07, 6.45) is 4.33. The molecule has 1 heterocycles. The molecular weight excluding hydrogens is 274 g/mol. The molecule has 0 bridgehead atoms. The highest BCUT2D eigenvalue weighted by molar-refractivity contribution is 7.09. The summed E-state index contributed by atoms with van der Waals surface area (Å²) in [6, 6.07) is 4.36. The topological polar surface area (TPSA) is 57.6 Å². The Morgan fingerprint density at radius 2 is 2.00 bits per heavy atom. The lowest BCUT2D eigenvalue weighted by Gasteiger charge is -2.27. The molecule has 1 amide bonds. The predicted octanol–water partition coefficient (Wildman–Crippen LogP) is 2.74. The van der Waals surface area contributed by atoms with Gasteiger partial charge in [0, 0.05) is 10.9 Å². The highest BCUT2D eigenvalue weighted by Crippen LogP contribution is 2.37. The molecule has 0 radical (unpaired) electrons. The molecule has 1 aromatic rings. The van der Waals surface area contributed by atoms with Crippen LogP contribution in [0.1, 0.15) is 37.0 Å². The predicted molar refractivity (Wildman–Crippen MR) is 76.4 cm³/mol. The van der Waals surface area contributed by atoms with Crippen molar-refractivity contribution in [2.75, 3.05) is 0 Å². The van der Waals surface area contributed by atoms with Gasteiger partial charge in [-0.25, -0.2) is 0 Å². The molecule has 1 N–H and O–H groups in total. The standard InChI is InChI=1S/C15H19NO3S/c17-14(12-4-1-5-13(12)15(18)19)16(10-6-7-10)9-11-3-2-8-20-11/h2-3,8,10,12-13H,1,4-7,9H2,(H,18,19)/t12-,13+/m1/s1. The lowest BCUT2D eigenvalue weighted by Crippen LogP contribution is -2.40. The average molecular weight is 293 g/mol. The molecule has 0 unspecified atom stereocenters. The van der Waals surface area contributed by atoms with Crippen LogP contribution in [-0.4, -0.2) is 27.9 Å². The number of carboxylic acid groups (broad SMARTS) is 1. The zero-order valence-corrected chi connectivity index (χ0v) is 12.1. The van der Waals surface area contributed by atoms with Crippen molar-refractivity contribution in [1.29, 1.82) is 0 Å². The second-order valence-electron chi connectivity index (χ2n) is 5.76. The van der Waals surface area contributed by atoms with E-state index < -0.39 is 11.9 Å². The molecule has 2 fully saturated rings. The molecule has 0 aliphatic heterocycles. The summed E-state index contributed by atoms with van der Waals surface area (Å²) in [6.45, 7) is 0.643. The second-order valence-corrected chi connectivity index (χ2v) is 6.79. The normalized spacial score (nSPS) is 25.6. The number of amides is 1. The van der Waals surface area contributed by atoms with Gasteiger partial charge in [-0.2, -0.15) is 0 Å². The van der Waals surface area contributed by atoms with Gasteiger partial charge in [0.05, 0.1) is 18.4 Å². The van der Waals surface area contributed by atoms with E-state index >= 15 is 0 Å². The van der Waals surface area contributed by atoms with E-state index in [0.717, 1.165) is 25.7 Å². The molecule has 108 valence electrons. The zero-order valence-electron chi connectivity index (χ0n) is 11.3. The summed E-state index contributed by atoms with van der Waals surface area (Å²) in [4.78, 5) is 27.1. The fourth-order valence-electron chi connectivity index (χ4n) is 3.11. The molecule has 0 aromatic carbocycles. The van der Waals surface area contributed by atoms with Gasteiger partial charge in [-0.05, 0) is 37.1 Å². The molecule has 0 spiro atoms. The van der Waals surface area contributed by atoms with Crippen molar-refractivity contribution in [3.63, 3.8) is 0 Å². The van der Waals surface area contributed by atoms with Crippen molar-refractivity contribution in [3.05, 3.63) is 22.4 Å². The first-order valence-electron chi connectivity index (χ1n) is 7.22. The van der Waals surface area contributed by atoms with Crippen molar-refractivity contribution in [3.8, 4) is 0 Å². The fourth-order valence-corrected chi connectivity index (χ4v) is 3.81. The van der Waals surface area contributed by atoms with Crippen LogP contribution < -0.4 is 0 Å². The molecule has 1 aromatic heterocycles. The van der Waals surface area contributed by atoms with E-state index in [1.165, 1.54) is 4.88 Å². The SMILES string of the molecule is O=C(O)[C@H]1CCC[C@H]1C(=O)N(Cc1cccs1)C1CC1. The van der Waals surface area contributed by atoms with Crippen LogP contribution >= 0.6 is 11.3 Å². The van der Waals surface area contributed by atoms with Gasteiger partial charge < -0.3 is 10.0 Å². The van der Waals surface area contributed by atoms with E-state index in [1.807, 2.05) is 22.4 Å². The molecule has 4 nitrogen and oxygen atoms in total. The first kappa shape index (κ1) is 13.6. The third-order valence-corrected chi connectivity index (χ3v) is 5.19. The largest absolute Gasteiger partial charge is 0.481 e. The van der Waals surface area contributed by atoms with Crippen LogP contribution in [0.4, 0.5) is 0 Å². The molecule has 20 heavy (non-hydrogen) atoms. The highest BCUT2D eigenvalue weighted by Gasteiger charge is 2.43. The van der Waals surface area contributed by atoms with E-state index in [-0.39, 0.29) is 11.8 Å². The van der Waals surface area contributed by atoms with Gasteiger partial charge in [0.15, 0.2) is 0 Å². The van der Waals surface area contributed by atoms with E-state index in [9.17, 15) is 14.7 Å². The zero-order chi connectivity index (χ0) is 14.1. The number of thiophene rings is 1. The summed E-state index contributed by atoms with van der Waals surface area (Å²) in [5, 5.41) is 11.3. The van der Waals surface area contributed by atoms with Gasteiger partial charge in [-0.15, -0.1) is 11.3 Å². The molecular formula is C15H19NO3S. The number of carboxylic acids is 1. The third kappa shape index (κ3) is 2.73. The monoisotopic (exact) mass is 293 g/mol. The second kappa shape index (κ2) is 5.56. The molecule has 2 saturated carbocycles. The van der Waals surface area contributed by atoms with Gasteiger partial charge in [-0.3, -0.25) is 9.59 Å². The van der Waals surface area contributed by atoms with Gasteiger partial charge in [0.2, 0.25) is 5.91 Å². The molecule has 5 heteroatoms. The fraction of sp³-hybridized carbons (Fsp3) is 0.600. The maximum atomic E-state index is 12.7. The highest BCUT2D eigenvalue weighted by atomic mass is 32.1. The number of carbonyl (C=O) groups excluding carboxylic acids is 1. The minimum absolute atomic E-state index is 0.0609. The van der Waals surface area contributed by atoms with Gasteiger partial charge >= 0.3 is 5.97 Å². The van der Waals surface area contributed by atoms with E-state index in [0.29, 0.717) is 19.0 Å². The summed E-state index contributed by atoms with van der Waals surface area (Å²) >= 11 is 1.65. The summed E-state index contributed by atoms with van der Waals surface area (Å²) in [5.41, 5.74) is 0. The smallest absolute Gasteiger partial charge is 0.307 e. The van der Waals surface area contributed by atoms with Crippen molar-refractivity contribution in [2.45, 2.75) is 44.7 Å². The van der Waals surface area contributed by atoms with E-state index in [4.69, 9.17) is 0 Å². The number of nitrogens with zero attached hydrogens (tertiary/aromatic N) is 1. The third-order valence-electron chi connectivity index (χ3n) is 4.33. The number of rotatable bonds is 5. The van der Waals surface area contributed by atoms with Crippen molar-refractivity contribution in [2.24, 2.45) is 11.8 Å². The van der Waals surface area contributed by atoms with Crippen LogP contribution in [0.3, 0.4) is 0 Å². The molecule has 2 aliphatic carbocycles. The Morgan fingerprint density at radius 1 is 1.25 bits per heavy atom. The van der Waals surface area contributed by atoms with Gasteiger partial charge in [-0.1, -0.05) is 12.5 Å². The number of hydrogen-bond acceptors (Lipinski definition) is 3. The molecule has 3 rings (SSSR count). The van der Waals surface area contributed by atoms with Gasteiger partial charge in [0.1, 0.15) is 0 Å². The summed E-state index contributed by atoms with van der Waals surface area (Å²) in [7, 11) is 0. The van der Waals surface area contributed by atoms with Crippen molar-refractivity contribution >= 4 is 23.2 Å². The van der Waals surface area contributed by atoms with Crippen LogP contribution in [-0.2, 0) is 16.1 Å². The van der Waals surface area contributed by atoms with Crippen LogP contribution in [0.2, 0.25) is 0 Å². The lowest BCUT2D eigenvalue weighted by molar-refractivity contribution is -0.149. The Bertz CT molecular complexity index is 495. The van der Waals surface area contributed by atoms with Crippen molar-refractivity contribution < 1.29 is 14.7 Å². The maximum Gasteiger partial charge on any atom is 0.307 e. The van der Waals surface area contributed by atoms with Gasteiger partial charge in [0.25, 0.3) is 0 Å². The van der Waals surface area contributed by atoms with Crippen molar-refractivity contribution in [1.82, 2.24) is 4.90 Å². The first-order chi connectivity index (χ1) is 9.66. The Hall–Kier alpha value is -1.36. The quantitative estimate of drug-likeness (QED) is 0.908. The van der Waals surface area contributed by atoms with E-state index in [2.05, 4.69) is 0 Å². The Balaban J connectivity index is 1.73. The number of aliphatic carboxylic acids is 1. The summed E-state index contributed by atoms with van der Waals surface area (Å²) in [5.74, 6) is -1.54. The lowest BCUT2D eigenvalue weighted by atomic mass is 9.94. The van der Waals surface area contributed by atoms with Crippen LogP contribution in [0.5, 0.6) is 0 Å². The molecule has 2 aliphatic rings. The minimum atomic E-state index is -0.812. The molecule has 0 saturated heterocycles. The molecule has 2 atom stereocenters. The maximum absolute atomic E-state index is 12.7. The number of carbonyl (C=O) groups is 2. The summed E-state index contributed by atoms with van der Waals surface area (Å²) < 4.78 is 0. The van der Waals surface area contributed by atoms with E-state index in [1.54, 1.807) is 11.3 Å². The Morgan fingerprint density at radius 3 is 2.60 bits per heavy atom. The van der Waals surface area contributed by atoms with Crippen LogP contribution in [0.25, 0.3) is 0 Å². The van der Waals surface area contributed by atoms with Crippen LogP contribution in [0.15, 0.2) is 17.5 Å².